The summed E-state index contributed by atoms with van der Waals surface area (Å²) >= 11 is 0. The molecule has 2 aliphatic heterocycles. The van der Waals surface area contributed by atoms with Crippen molar-refractivity contribution in [3.05, 3.63) is 53.6 Å². The zero-order valence-corrected chi connectivity index (χ0v) is 17.0. The number of ether oxygens (including phenoxy) is 3. The number of piperidine rings is 1. The average molecular weight is 380 g/mol. The van der Waals surface area contributed by atoms with Crippen molar-refractivity contribution in [3.8, 4) is 17.2 Å². The Morgan fingerprint density at radius 1 is 0.821 bits per heavy atom. The molecule has 148 valence electrons. The van der Waals surface area contributed by atoms with Gasteiger partial charge in [0.05, 0.1) is 21.3 Å². The van der Waals surface area contributed by atoms with Gasteiger partial charge in [0.25, 0.3) is 0 Å². The first-order valence-electron chi connectivity index (χ1n) is 10.1. The van der Waals surface area contributed by atoms with Crippen LogP contribution in [0.2, 0.25) is 0 Å². The Morgan fingerprint density at radius 3 is 2.43 bits per heavy atom. The highest BCUT2D eigenvalue weighted by Gasteiger charge is 2.31. The maximum atomic E-state index is 5.57. The van der Waals surface area contributed by atoms with E-state index in [1.165, 1.54) is 48.1 Å². The molecule has 2 aromatic rings. The highest BCUT2D eigenvalue weighted by atomic mass is 16.5. The highest BCUT2D eigenvalue weighted by molar-refractivity contribution is 5.93. The van der Waals surface area contributed by atoms with Crippen molar-refractivity contribution in [2.75, 3.05) is 34.4 Å². The first-order chi connectivity index (χ1) is 13.7. The summed E-state index contributed by atoms with van der Waals surface area (Å²) in [6, 6.07) is 15.4. The van der Waals surface area contributed by atoms with E-state index in [-0.39, 0.29) is 0 Å². The molecule has 0 bridgehead atoms. The van der Waals surface area contributed by atoms with E-state index in [0.29, 0.717) is 6.04 Å². The molecule has 0 amide bonds. The summed E-state index contributed by atoms with van der Waals surface area (Å²) in [7, 11) is 5.10. The molecule has 4 heteroatoms. The Morgan fingerprint density at radius 2 is 1.64 bits per heavy atom. The van der Waals surface area contributed by atoms with Crippen LogP contribution in [0, 0.1) is 0 Å². The molecule has 0 spiro atoms. The normalized spacial score (nSPS) is 19.9. The van der Waals surface area contributed by atoms with Gasteiger partial charge in [0.15, 0.2) is 11.5 Å². The summed E-state index contributed by atoms with van der Waals surface area (Å²) in [4.78, 5) is 2.66. The summed E-state index contributed by atoms with van der Waals surface area (Å²) in [5, 5.41) is 0. The molecule has 0 saturated carbocycles. The molecule has 4 rings (SSSR count). The van der Waals surface area contributed by atoms with Crippen LogP contribution in [0.15, 0.2) is 42.5 Å². The second-order valence-electron chi connectivity index (χ2n) is 7.58. The van der Waals surface area contributed by atoms with Crippen LogP contribution >= 0.6 is 0 Å². The van der Waals surface area contributed by atoms with Crippen molar-refractivity contribution in [1.29, 1.82) is 0 Å². The van der Waals surface area contributed by atoms with E-state index in [1.54, 1.807) is 21.3 Å². The molecular weight excluding hydrogens is 350 g/mol. The number of fused-ring (bicyclic) bond motifs is 1. The molecule has 0 aromatic heterocycles. The number of benzene rings is 2. The number of methoxy groups -OCH3 is 3. The number of rotatable bonds is 5. The lowest BCUT2D eigenvalue weighted by Crippen LogP contribution is -2.43. The predicted octanol–water partition coefficient (Wildman–Crippen LogP) is 4.88. The van der Waals surface area contributed by atoms with E-state index in [1.807, 2.05) is 12.1 Å². The fraction of sp³-hybridized carbons (Fsp3) is 0.417. The summed E-state index contributed by atoms with van der Waals surface area (Å²) in [6.07, 6.45) is 4.98. The molecule has 0 radical (unpaired) electrons. The molecule has 2 heterocycles. The summed E-state index contributed by atoms with van der Waals surface area (Å²) in [5.74, 6) is 2.45. The standard InChI is InChI=1S/C24H29NO3/c1-26-20-9-6-7-17(13-20)22-16-25-12-5-4-8-19(25)15-21(22)18-10-11-23(27-2)24(14-18)28-3/h6-7,9-11,13-14,19H,4-5,8,12,15-16H2,1-3H3. The van der Waals surface area contributed by atoms with E-state index in [0.717, 1.165) is 30.2 Å². The lowest BCUT2D eigenvalue weighted by Gasteiger charge is -2.41. The van der Waals surface area contributed by atoms with E-state index in [2.05, 4.69) is 35.2 Å². The van der Waals surface area contributed by atoms with Gasteiger partial charge >= 0.3 is 0 Å². The minimum absolute atomic E-state index is 0.631. The predicted molar refractivity (Wildman–Crippen MR) is 113 cm³/mol. The van der Waals surface area contributed by atoms with Gasteiger partial charge in [0.2, 0.25) is 0 Å². The van der Waals surface area contributed by atoms with Crippen LogP contribution in [0.4, 0.5) is 0 Å². The topological polar surface area (TPSA) is 30.9 Å². The second-order valence-corrected chi connectivity index (χ2v) is 7.58. The molecule has 1 unspecified atom stereocenters. The molecule has 0 N–H and O–H groups in total. The monoisotopic (exact) mass is 379 g/mol. The van der Waals surface area contributed by atoms with E-state index < -0.39 is 0 Å². The van der Waals surface area contributed by atoms with Gasteiger partial charge in [-0.2, -0.15) is 0 Å². The van der Waals surface area contributed by atoms with Crippen molar-refractivity contribution in [1.82, 2.24) is 4.90 Å². The molecule has 0 aliphatic carbocycles. The Kier molecular flexibility index (Phi) is 5.58. The van der Waals surface area contributed by atoms with Gasteiger partial charge in [0, 0.05) is 12.6 Å². The minimum Gasteiger partial charge on any atom is -0.497 e. The molecular formula is C24H29NO3. The average Bonchev–Trinajstić information content (AvgIpc) is 2.77. The van der Waals surface area contributed by atoms with Gasteiger partial charge in [0.1, 0.15) is 5.75 Å². The van der Waals surface area contributed by atoms with Gasteiger partial charge in [-0.15, -0.1) is 0 Å². The lowest BCUT2D eigenvalue weighted by molar-refractivity contribution is 0.165. The quantitative estimate of drug-likeness (QED) is 0.741. The SMILES string of the molecule is COc1cccc(C2=C(c3ccc(OC)c(OC)c3)CC3CCCCN3C2)c1. The van der Waals surface area contributed by atoms with E-state index in [9.17, 15) is 0 Å². The summed E-state index contributed by atoms with van der Waals surface area (Å²) < 4.78 is 16.5. The van der Waals surface area contributed by atoms with Crippen LogP contribution in [-0.4, -0.2) is 45.4 Å². The third-order valence-electron chi connectivity index (χ3n) is 6.06. The van der Waals surface area contributed by atoms with Crippen molar-refractivity contribution in [2.45, 2.75) is 31.7 Å². The summed E-state index contributed by atoms with van der Waals surface area (Å²) in [5.41, 5.74) is 5.27. The third kappa shape index (κ3) is 3.61. The molecule has 2 aromatic carbocycles. The maximum Gasteiger partial charge on any atom is 0.161 e. The van der Waals surface area contributed by atoms with Gasteiger partial charge in [-0.1, -0.05) is 24.6 Å². The molecule has 1 saturated heterocycles. The number of hydrogen-bond acceptors (Lipinski definition) is 4. The van der Waals surface area contributed by atoms with Crippen LogP contribution < -0.4 is 14.2 Å². The van der Waals surface area contributed by atoms with Crippen molar-refractivity contribution in [3.63, 3.8) is 0 Å². The first-order valence-corrected chi connectivity index (χ1v) is 10.1. The van der Waals surface area contributed by atoms with Crippen molar-refractivity contribution >= 4 is 11.1 Å². The number of nitrogens with zero attached hydrogens (tertiary/aromatic N) is 1. The zero-order chi connectivity index (χ0) is 19.5. The van der Waals surface area contributed by atoms with E-state index in [4.69, 9.17) is 14.2 Å². The Hall–Kier alpha value is -2.46. The first kappa shape index (κ1) is 18.9. The molecule has 1 fully saturated rings. The molecule has 4 nitrogen and oxygen atoms in total. The van der Waals surface area contributed by atoms with E-state index >= 15 is 0 Å². The van der Waals surface area contributed by atoms with Gasteiger partial charge in [-0.3, -0.25) is 4.90 Å². The van der Waals surface area contributed by atoms with Crippen LogP contribution in [0.1, 0.15) is 36.8 Å². The highest BCUT2D eigenvalue weighted by Crippen LogP contribution is 2.41. The largest absolute Gasteiger partial charge is 0.497 e. The van der Waals surface area contributed by atoms with Crippen LogP contribution in [0.3, 0.4) is 0 Å². The van der Waals surface area contributed by atoms with Gasteiger partial charge in [-0.05, 0) is 72.3 Å². The molecule has 28 heavy (non-hydrogen) atoms. The van der Waals surface area contributed by atoms with Crippen LogP contribution in [0.5, 0.6) is 17.2 Å². The van der Waals surface area contributed by atoms with Crippen LogP contribution in [0.25, 0.3) is 11.1 Å². The second kappa shape index (κ2) is 8.27. The zero-order valence-electron chi connectivity index (χ0n) is 17.0. The fourth-order valence-corrected chi connectivity index (χ4v) is 4.55. The van der Waals surface area contributed by atoms with Crippen molar-refractivity contribution < 1.29 is 14.2 Å². The fourth-order valence-electron chi connectivity index (χ4n) is 4.55. The summed E-state index contributed by atoms with van der Waals surface area (Å²) in [6.45, 7) is 2.18. The minimum atomic E-state index is 0.631. The van der Waals surface area contributed by atoms with Gasteiger partial charge in [-0.25, -0.2) is 0 Å². The lowest BCUT2D eigenvalue weighted by atomic mass is 9.83. The van der Waals surface area contributed by atoms with Crippen LogP contribution in [-0.2, 0) is 0 Å². The third-order valence-corrected chi connectivity index (χ3v) is 6.06. The maximum absolute atomic E-state index is 5.57. The molecule has 1 atom stereocenters. The Balaban J connectivity index is 1.83. The van der Waals surface area contributed by atoms with Gasteiger partial charge < -0.3 is 14.2 Å². The Bertz CT molecular complexity index is 874. The number of hydrogen-bond donors (Lipinski definition) is 0. The molecule has 2 aliphatic rings. The Labute approximate surface area is 167 Å². The smallest absolute Gasteiger partial charge is 0.161 e. The van der Waals surface area contributed by atoms with Crippen molar-refractivity contribution in [2.24, 2.45) is 0 Å².